The summed E-state index contributed by atoms with van der Waals surface area (Å²) in [6.07, 6.45) is 7.36. The Labute approximate surface area is 116 Å². The van der Waals surface area contributed by atoms with Crippen molar-refractivity contribution in [3.05, 3.63) is 41.7 Å². The van der Waals surface area contributed by atoms with Crippen LogP contribution in [0.2, 0.25) is 0 Å². The highest BCUT2D eigenvalue weighted by atomic mass is 15.2. The summed E-state index contributed by atoms with van der Waals surface area (Å²) < 4.78 is 0. The summed E-state index contributed by atoms with van der Waals surface area (Å²) in [6.45, 7) is 11.3. The van der Waals surface area contributed by atoms with Crippen LogP contribution < -0.4 is 0 Å². The monoisotopic (exact) mass is 259 g/mol. The summed E-state index contributed by atoms with van der Waals surface area (Å²) >= 11 is 0. The normalized spacial score (nSPS) is 18.0. The number of rotatable bonds is 4. The molecule has 104 valence electrons. The molecule has 3 heteroatoms. The van der Waals surface area contributed by atoms with Crippen molar-refractivity contribution in [3.63, 3.8) is 0 Å². The summed E-state index contributed by atoms with van der Waals surface area (Å²) in [6, 6.07) is 4.23. The molecule has 0 saturated carbocycles. The molecular weight excluding hydrogens is 234 g/mol. The zero-order valence-electron chi connectivity index (χ0n) is 12.2. The SMILES string of the molecule is CC(C)=CCN1CCCN(Cc2ccncc2)CC1. The predicted octanol–water partition coefficient (Wildman–Crippen LogP) is 2.56. The molecule has 1 aromatic rings. The van der Waals surface area contributed by atoms with E-state index < -0.39 is 0 Å². The van der Waals surface area contributed by atoms with Gasteiger partial charge in [0.15, 0.2) is 0 Å². The van der Waals surface area contributed by atoms with Crippen molar-refractivity contribution >= 4 is 0 Å². The number of allylic oxidation sites excluding steroid dienone is 1. The van der Waals surface area contributed by atoms with Crippen molar-refractivity contribution in [1.29, 1.82) is 0 Å². The summed E-state index contributed by atoms with van der Waals surface area (Å²) in [5.74, 6) is 0. The zero-order valence-corrected chi connectivity index (χ0v) is 12.2. The summed E-state index contributed by atoms with van der Waals surface area (Å²) in [7, 11) is 0. The van der Waals surface area contributed by atoms with E-state index in [1.807, 2.05) is 12.4 Å². The van der Waals surface area contributed by atoms with E-state index in [2.05, 4.69) is 46.8 Å². The van der Waals surface area contributed by atoms with Gasteiger partial charge >= 0.3 is 0 Å². The van der Waals surface area contributed by atoms with Gasteiger partial charge in [0.25, 0.3) is 0 Å². The van der Waals surface area contributed by atoms with E-state index in [0.717, 1.165) is 13.1 Å². The van der Waals surface area contributed by atoms with Crippen LogP contribution in [0, 0.1) is 0 Å². The summed E-state index contributed by atoms with van der Waals surface area (Å²) in [5.41, 5.74) is 2.78. The maximum atomic E-state index is 4.08. The van der Waals surface area contributed by atoms with Gasteiger partial charge in [-0.05, 0) is 51.1 Å². The van der Waals surface area contributed by atoms with Crippen molar-refractivity contribution in [2.24, 2.45) is 0 Å². The Morgan fingerprint density at radius 3 is 2.53 bits per heavy atom. The average Bonchev–Trinajstić information content (AvgIpc) is 2.63. The van der Waals surface area contributed by atoms with Crippen LogP contribution in [0.4, 0.5) is 0 Å². The molecular formula is C16H25N3. The van der Waals surface area contributed by atoms with Crippen molar-refractivity contribution in [3.8, 4) is 0 Å². The lowest BCUT2D eigenvalue weighted by Crippen LogP contribution is -2.30. The van der Waals surface area contributed by atoms with Crippen molar-refractivity contribution in [2.45, 2.75) is 26.8 Å². The van der Waals surface area contributed by atoms with E-state index in [1.54, 1.807) is 0 Å². The fraction of sp³-hybridized carbons (Fsp3) is 0.562. The molecule has 2 rings (SSSR count). The minimum Gasteiger partial charge on any atom is -0.298 e. The first kappa shape index (κ1) is 14.2. The molecule has 1 saturated heterocycles. The second kappa shape index (κ2) is 7.41. The minimum absolute atomic E-state index is 1.05. The van der Waals surface area contributed by atoms with Gasteiger partial charge in [-0.15, -0.1) is 0 Å². The van der Waals surface area contributed by atoms with Gasteiger partial charge in [-0.2, -0.15) is 0 Å². The maximum Gasteiger partial charge on any atom is 0.0271 e. The van der Waals surface area contributed by atoms with Gasteiger partial charge < -0.3 is 0 Å². The van der Waals surface area contributed by atoms with Crippen LogP contribution >= 0.6 is 0 Å². The number of hydrogen-bond acceptors (Lipinski definition) is 3. The molecule has 0 spiro atoms. The molecule has 0 amide bonds. The van der Waals surface area contributed by atoms with Crippen LogP contribution in [0.15, 0.2) is 36.2 Å². The lowest BCUT2D eigenvalue weighted by Gasteiger charge is -2.21. The first-order valence-corrected chi connectivity index (χ1v) is 7.21. The predicted molar refractivity (Wildman–Crippen MR) is 80.0 cm³/mol. The van der Waals surface area contributed by atoms with Crippen molar-refractivity contribution in [2.75, 3.05) is 32.7 Å². The lowest BCUT2D eigenvalue weighted by atomic mass is 10.2. The van der Waals surface area contributed by atoms with Gasteiger partial charge in [0.2, 0.25) is 0 Å². The Kier molecular flexibility index (Phi) is 5.55. The van der Waals surface area contributed by atoms with Crippen molar-refractivity contribution < 1.29 is 0 Å². The smallest absolute Gasteiger partial charge is 0.0271 e. The highest BCUT2D eigenvalue weighted by Gasteiger charge is 2.13. The Bertz CT molecular complexity index is 396. The molecule has 1 aliphatic heterocycles. The Morgan fingerprint density at radius 2 is 1.79 bits per heavy atom. The quantitative estimate of drug-likeness (QED) is 0.775. The van der Waals surface area contributed by atoms with Gasteiger partial charge in [0.05, 0.1) is 0 Å². The fourth-order valence-electron chi connectivity index (χ4n) is 2.42. The van der Waals surface area contributed by atoms with Crippen LogP contribution in [0.1, 0.15) is 25.8 Å². The van der Waals surface area contributed by atoms with Crippen LogP contribution in [0.25, 0.3) is 0 Å². The molecule has 0 radical (unpaired) electrons. The topological polar surface area (TPSA) is 19.4 Å². The van der Waals surface area contributed by atoms with Gasteiger partial charge in [-0.25, -0.2) is 0 Å². The number of hydrogen-bond donors (Lipinski definition) is 0. The highest BCUT2D eigenvalue weighted by molar-refractivity contribution is 5.09. The molecule has 0 bridgehead atoms. The standard InChI is InChI=1S/C16H25N3/c1-15(2)6-11-18-9-3-10-19(13-12-18)14-16-4-7-17-8-5-16/h4-8H,3,9-14H2,1-2H3. The lowest BCUT2D eigenvalue weighted by molar-refractivity contribution is 0.262. The average molecular weight is 259 g/mol. The summed E-state index contributed by atoms with van der Waals surface area (Å²) in [5, 5.41) is 0. The molecule has 0 N–H and O–H groups in total. The minimum atomic E-state index is 1.05. The Hall–Kier alpha value is -1.19. The highest BCUT2D eigenvalue weighted by Crippen LogP contribution is 2.08. The largest absolute Gasteiger partial charge is 0.298 e. The van der Waals surface area contributed by atoms with Gasteiger partial charge in [0, 0.05) is 38.6 Å². The van der Waals surface area contributed by atoms with Crippen LogP contribution in [0.5, 0.6) is 0 Å². The van der Waals surface area contributed by atoms with E-state index in [9.17, 15) is 0 Å². The molecule has 19 heavy (non-hydrogen) atoms. The third kappa shape index (κ3) is 5.13. The van der Waals surface area contributed by atoms with Crippen LogP contribution in [-0.4, -0.2) is 47.5 Å². The molecule has 1 aliphatic rings. The third-order valence-corrected chi connectivity index (χ3v) is 3.59. The number of nitrogens with zero attached hydrogens (tertiary/aromatic N) is 3. The summed E-state index contributed by atoms with van der Waals surface area (Å²) in [4.78, 5) is 9.19. The molecule has 3 nitrogen and oxygen atoms in total. The van der Waals surface area contributed by atoms with E-state index in [-0.39, 0.29) is 0 Å². The van der Waals surface area contributed by atoms with Gasteiger partial charge in [0.1, 0.15) is 0 Å². The second-order valence-electron chi connectivity index (χ2n) is 5.57. The maximum absolute atomic E-state index is 4.08. The van der Waals surface area contributed by atoms with Crippen LogP contribution in [-0.2, 0) is 6.54 Å². The van der Waals surface area contributed by atoms with E-state index in [1.165, 1.54) is 43.7 Å². The second-order valence-corrected chi connectivity index (χ2v) is 5.57. The Balaban J connectivity index is 1.81. The third-order valence-electron chi connectivity index (χ3n) is 3.59. The zero-order chi connectivity index (χ0) is 13.5. The fourth-order valence-corrected chi connectivity index (χ4v) is 2.42. The Morgan fingerprint density at radius 1 is 1.11 bits per heavy atom. The van der Waals surface area contributed by atoms with Crippen molar-refractivity contribution in [1.82, 2.24) is 14.8 Å². The van der Waals surface area contributed by atoms with E-state index >= 15 is 0 Å². The number of aromatic nitrogens is 1. The molecule has 2 heterocycles. The first-order valence-electron chi connectivity index (χ1n) is 7.21. The molecule has 0 aromatic carbocycles. The first-order chi connectivity index (χ1) is 9.24. The molecule has 0 unspecified atom stereocenters. The van der Waals surface area contributed by atoms with Gasteiger partial charge in [-0.3, -0.25) is 14.8 Å². The van der Waals surface area contributed by atoms with E-state index in [0.29, 0.717) is 0 Å². The molecule has 0 atom stereocenters. The van der Waals surface area contributed by atoms with Crippen LogP contribution in [0.3, 0.4) is 0 Å². The van der Waals surface area contributed by atoms with Gasteiger partial charge in [-0.1, -0.05) is 11.6 Å². The molecule has 1 aromatic heterocycles. The van der Waals surface area contributed by atoms with E-state index in [4.69, 9.17) is 0 Å². The molecule has 1 fully saturated rings. The number of pyridine rings is 1. The molecule has 0 aliphatic carbocycles.